The summed E-state index contributed by atoms with van der Waals surface area (Å²) in [5.41, 5.74) is 0. The van der Waals surface area contributed by atoms with Gasteiger partial charge in [-0.15, -0.1) is 0 Å². The maximum Gasteiger partial charge on any atom is 0.305 e. The Hall–Kier alpha value is -1.06. The van der Waals surface area contributed by atoms with Crippen molar-refractivity contribution in [3.8, 4) is 0 Å². The highest BCUT2D eigenvalue weighted by Crippen LogP contribution is 2.40. The van der Waals surface area contributed by atoms with E-state index in [0.717, 1.165) is 12.8 Å². The molecule has 0 saturated heterocycles. The van der Waals surface area contributed by atoms with E-state index in [1.54, 1.807) is 0 Å². The molecule has 0 aromatic rings. The van der Waals surface area contributed by atoms with Gasteiger partial charge >= 0.3 is 11.9 Å². The van der Waals surface area contributed by atoms with Crippen molar-refractivity contribution >= 4 is 11.9 Å². The van der Waals surface area contributed by atoms with Crippen LogP contribution in [-0.4, -0.2) is 25.2 Å². The molecule has 18 heavy (non-hydrogen) atoms. The third-order valence-corrected chi connectivity index (χ3v) is 3.62. The first-order valence-electron chi connectivity index (χ1n) is 6.98. The van der Waals surface area contributed by atoms with E-state index in [4.69, 9.17) is 9.47 Å². The van der Waals surface area contributed by atoms with Crippen LogP contribution in [0.3, 0.4) is 0 Å². The van der Waals surface area contributed by atoms with E-state index in [9.17, 15) is 9.59 Å². The second-order valence-corrected chi connectivity index (χ2v) is 4.78. The highest BCUT2D eigenvalue weighted by Gasteiger charge is 2.31. The topological polar surface area (TPSA) is 52.6 Å². The Labute approximate surface area is 109 Å². The molecule has 4 nitrogen and oxygen atoms in total. The van der Waals surface area contributed by atoms with Crippen LogP contribution in [0.1, 0.15) is 52.4 Å². The molecule has 104 valence electrons. The van der Waals surface area contributed by atoms with E-state index >= 15 is 0 Å². The largest absolute Gasteiger partial charge is 0.466 e. The molecule has 1 unspecified atom stereocenters. The normalized spacial score (nSPS) is 22.1. The lowest BCUT2D eigenvalue weighted by atomic mass is 9.69. The Bertz CT molecular complexity index is 247. The summed E-state index contributed by atoms with van der Waals surface area (Å²) >= 11 is 0. The number of carbonyl (C=O) groups is 2. The van der Waals surface area contributed by atoms with Gasteiger partial charge in [-0.2, -0.15) is 0 Å². The van der Waals surface area contributed by atoms with E-state index in [1.165, 1.54) is 12.8 Å². The molecule has 0 aliphatic heterocycles. The maximum atomic E-state index is 11.2. The van der Waals surface area contributed by atoms with E-state index in [1.807, 2.05) is 13.8 Å². The van der Waals surface area contributed by atoms with E-state index < -0.39 is 0 Å². The van der Waals surface area contributed by atoms with Crippen molar-refractivity contribution in [3.05, 3.63) is 0 Å². The molecular weight excluding hydrogens is 232 g/mol. The zero-order chi connectivity index (χ0) is 13.4. The van der Waals surface area contributed by atoms with Gasteiger partial charge in [-0.1, -0.05) is 0 Å². The summed E-state index contributed by atoms with van der Waals surface area (Å²) in [5.74, 6) is 0.967. The van der Waals surface area contributed by atoms with Crippen molar-refractivity contribution in [3.63, 3.8) is 0 Å². The summed E-state index contributed by atoms with van der Waals surface area (Å²) in [6, 6.07) is 0. The van der Waals surface area contributed by atoms with Crippen molar-refractivity contribution in [2.45, 2.75) is 52.4 Å². The van der Waals surface area contributed by atoms with Crippen LogP contribution >= 0.6 is 0 Å². The second kappa shape index (κ2) is 8.11. The standard InChI is InChI=1S/C14H24O4/c1-3-17-13(15)9-7-11-5-6-12(11)8-10-14(16)18-4-2/h11-12H,3-10H2,1-2H3/t11-,12?/m1/s1. The summed E-state index contributed by atoms with van der Waals surface area (Å²) in [6.07, 6.45) is 5.15. The van der Waals surface area contributed by atoms with Crippen LogP contribution in [0.15, 0.2) is 0 Å². The van der Waals surface area contributed by atoms with E-state index in [-0.39, 0.29) is 11.9 Å². The lowest BCUT2D eigenvalue weighted by Crippen LogP contribution is -2.27. The van der Waals surface area contributed by atoms with Crippen molar-refractivity contribution < 1.29 is 19.1 Å². The first-order valence-corrected chi connectivity index (χ1v) is 6.98. The monoisotopic (exact) mass is 256 g/mol. The van der Waals surface area contributed by atoms with Gasteiger partial charge in [0.2, 0.25) is 0 Å². The van der Waals surface area contributed by atoms with Gasteiger partial charge in [0.25, 0.3) is 0 Å². The molecule has 0 aromatic carbocycles. The van der Waals surface area contributed by atoms with E-state index in [0.29, 0.717) is 37.9 Å². The zero-order valence-electron chi connectivity index (χ0n) is 11.4. The number of carbonyl (C=O) groups excluding carboxylic acids is 2. The molecule has 2 atom stereocenters. The molecule has 0 spiro atoms. The van der Waals surface area contributed by atoms with Gasteiger partial charge < -0.3 is 9.47 Å². The molecule has 1 fully saturated rings. The summed E-state index contributed by atoms with van der Waals surface area (Å²) < 4.78 is 9.83. The number of rotatable bonds is 8. The van der Waals surface area contributed by atoms with Gasteiger partial charge in [-0.05, 0) is 51.4 Å². The van der Waals surface area contributed by atoms with Crippen molar-refractivity contribution in [1.29, 1.82) is 0 Å². The highest BCUT2D eigenvalue weighted by atomic mass is 16.5. The summed E-state index contributed by atoms with van der Waals surface area (Å²) in [7, 11) is 0. The molecule has 0 N–H and O–H groups in total. The lowest BCUT2D eigenvalue weighted by molar-refractivity contribution is -0.145. The Morgan fingerprint density at radius 1 is 0.889 bits per heavy atom. The fraction of sp³-hybridized carbons (Fsp3) is 0.857. The first kappa shape index (κ1) is 15.0. The number of ether oxygens (including phenoxy) is 2. The van der Waals surface area contributed by atoms with Gasteiger partial charge in [0.1, 0.15) is 0 Å². The van der Waals surface area contributed by atoms with E-state index in [2.05, 4.69) is 0 Å². The fourth-order valence-corrected chi connectivity index (χ4v) is 2.47. The summed E-state index contributed by atoms with van der Waals surface area (Å²) in [5, 5.41) is 0. The van der Waals surface area contributed by atoms with Crippen molar-refractivity contribution in [2.24, 2.45) is 11.8 Å². The Kier molecular flexibility index (Phi) is 6.76. The molecule has 4 heteroatoms. The van der Waals surface area contributed by atoms with Crippen molar-refractivity contribution in [1.82, 2.24) is 0 Å². The van der Waals surface area contributed by atoms with Gasteiger partial charge in [-0.3, -0.25) is 9.59 Å². The van der Waals surface area contributed by atoms with Crippen LogP contribution < -0.4 is 0 Å². The van der Waals surface area contributed by atoms with Crippen LogP contribution in [0.4, 0.5) is 0 Å². The Morgan fingerprint density at radius 3 is 1.56 bits per heavy atom. The quantitative estimate of drug-likeness (QED) is 0.626. The Balaban J connectivity index is 2.13. The molecule has 0 amide bonds. The minimum absolute atomic E-state index is 0.103. The van der Waals surface area contributed by atoms with Crippen LogP contribution in [0.5, 0.6) is 0 Å². The number of hydrogen-bond acceptors (Lipinski definition) is 4. The molecule has 1 saturated carbocycles. The second-order valence-electron chi connectivity index (χ2n) is 4.78. The van der Waals surface area contributed by atoms with Crippen molar-refractivity contribution in [2.75, 3.05) is 13.2 Å². The van der Waals surface area contributed by atoms with Crippen LogP contribution in [0, 0.1) is 11.8 Å². The molecule has 1 rings (SSSR count). The third kappa shape index (κ3) is 5.07. The van der Waals surface area contributed by atoms with Crippen LogP contribution in [0.2, 0.25) is 0 Å². The van der Waals surface area contributed by atoms with Gasteiger partial charge in [-0.25, -0.2) is 0 Å². The summed E-state index contributed by atoms with van der Waals surface area (Å²) in [6.45, 7) is 4.55. The summed E-state index contributed by atoms with van der Waals surface area (Å²) in [4.78, 5) is 22.5. The minimum Gasteiger partial charge on any atom is -0.466 e. The Morgan fingerprint density at radius 2 is 1.28 bits per heavy atom. The molecule has 0 bridgehead atoms. The van der Waals surface area contributed by atoms with Crippen LogP contribution in [-0.2, 0) is 19.1 Å². The molecule has 1 aliphatic carbocycles. The smallest absolute Gasteiger partial charge is 0.305 e. The molecular formula is C14H24O4. The lowest BCUT2D eigenvalue weighted by Gasteiger charge is -2.36. The van der Waals surface area contributed by atoms with Gasteiger partial charge in [0.05, 0.1) is 13.2 Å². The third-order valence-electron chi connectivity index (χ3n) is 3.62. The van der Waals surface area contributed by atoms with Gasteiger partial charge in [0, 0.05) is 12.8 Å². The molecule has 0 heterocycles. The number of hydrogen-bond donors (Lipinski definition) is 0. The average molecular weight is 256 g/mol. The number of esters is 2. The SMILES string of the molecule is CCOC(=O)CCC1CC[C@@H]1CCC(=O)OCC. The fourth-order valence-electron chi connectivity index (χ4n) is 2.47. The molecule has 0 aromatic heterocycles. The minimum atomic E-state index is -0.103. The molecule has 0 radical (unpaired) electrons. The zero-order valence-corrected chi connectivity index (χ0v) is 11.4. The predicted octanol–water partition coefficient (Wildman–Crippen LogP) is 2.70. The first-order chi connectivity index (χ1) is 8.67. The predicted molar refractivity (Wildman–Crippen MR) is 67.9 cm³/mol. The van der Waals surface area contributed by atoms with Gasteiger partial charge in [0.15, 0.2) is 0 Å². The average Bonchev–Trinajstić information content (AvgIpc) is 2.28. The van der Waals surface area contributed by atoms with Crippen LogP contribution in [0.25, 0.3) is 0 Å². The maximum absolute atomic E-state index is 11.2. The molecule has 1 aliphatic rings. The highest BCUT2D eigenvalue weighted by molar-refractivity contribution is 5.69.